The highest BCUT2D eigenvalue weighted by Gasteiger charge is 2.23. The fourth-order valence-electron chi connectivity index (χ4n) is 2.90. The highest BCUT2D eigenvalue weighted by molar-refractivity contribution is 5.94. The van der Waals surface area contributed by atoms with Crippen molar-refractivity contribution < 1.29 is 4.79 Å². The van der Waals surface area contributed by atoms with Crippen LogP contribution in [0, 0.1) is 6.92 Å². The Hall–Kier alpha value is -2.88. The van der Waals surface area contributed by atoms with Crippen molar-refractivity contribution in [3.63, 3.8) is 0 Å². The number of pyridine rings is 1. The second-order valence-electron chi connectivity index (χ2n) is 6.64. The summed E-state index contributed by atoms with van der Waals surface area (Å²) in [6.07, 6.45) is 2.21. The third-order valence-electron chi connectivity index (χ3n) is 4.53. The van der Waals surface area contributed by atoms with Crippen molar-refractivity contribution in [2.75, 3.05) is 5.32 Å². The molecule has 126 valence electrons. The third kappa shape index (κ3) is 3.63. The van der Waals surface area contributed by atoms with Crippen LogP contribution >= 0.6 is 0 Å². The zero-order chi connectivity index (χ0) is 17.2. The molecule has 2 aromatic carbocycles. The highest BCUT2D eigenvalue weighted by atomic mass is 16.1. The molecule has 0 unspecified atom stereocenters. The predicted octanol–water partition coefficient (Wildman–Crippen LogP) is 4.05. The zero-order valence-corrected chi connectivity index (χ0v) is 14.3. The Labute approximate surface area is 147 Å². The van der Waals surface area contributed by atoms with Crippen LogP contribution in [0.3, 0.4) is 0 Å². The molecule has 1 aromatic heterocycles. The monoisotopic (exact) mass is 331 g/mol. The van der Waals surface area contributed by atoms with Crippen molar-refractivity contribution in [3.8, 4) is 0 Å². The molecule has 0 spiro atoms. The van der Waals surface area contributed by atoms with Crippen LogP contribution in [0.25, 0.3) is 10.9 Å². The smallest absolute Gasteiger partial charge is 0.251 e. The lowest BCUT2D eigenvalue weighted by Gasteiger charge is -2.10. The number of aryl methyl sites for hydroxylation is 1. The first-order valence-electron chi connectivity index (χ1n) is 8.69. The number of nitrogens with one attached hydrogen (secondary N) is 2. The van der Waals surface area contributed by atoms with Gasteiger partial charge in [0, 0.05) is 23.5 Å². The number of anilines is 1. The van der Waals surface area contributed by atoms with Crippen LogP contribution in [0.15, 0.2) is 54.6 Å². The van der Waals surface area contributed by atoms with Crippen LogP contribution in [0.1, 0.15) is 34.3 Å². The van der Waals surface area contributed by atoms with Gasteiger partial charge in [-0.05, 0) is 55.2 Å². The molecular formula is C21H21N3O. The van der Waals surface area contributed by atoms with E-state index in [9.17, 15) is 4.79 Å². The molecule has 0 bridgehead atoms. The lowest BCUT2D eigenvalue weighted by Crippen LogP contribution is -2.25. The molecule has 2 N–H and O–H groups in total. The first-order valence-corrected chi connectivity index (χ1v) is 8.69. The van der Waals surface area contributed by atoms with Gasteiger partial charge in [-0.25, -0.2) is 4.98 Å². The number of carbonyl (C=O) groups excluding carboxylic acids is 1. The van der Waals surface area contributed by atoms with Gasteiger partial charge >= 0.3 is 0 Å². The van der Waals surface area contributed by atoms with Gasteiger partial charge < -0.3 is 10.6 Å². The Morgan fingerprint density at radius 1 is 1.12 bits per heavy atom. The molecule has 1 amide bonds. The second-order valence-corrected chi connectivity index (χ2v) is 6.64. The maximum atomic E-state index is 12.0. The average Bonchev–Trinajstić information content (AvgIpc) is 3.44. The van der Waals surface area contributed by atoms with Gasteiger partial charge in [0.1, 0.15) is 5.82 Å². The first kappa shape index (κ1) is 15.6. The summed E-state index contributed by atoms with van der Waals surface area (Å²) in [5.41, 5.74) is 4.04. The minimum Gasteiger partial charge on any atom is -0.366 e. The molecule has 25 heavy (non-hydrogen) atoms. The van der Waals surface area contributed by atoms with E-state index in [4.69, 9.17) is 0 Å². The number of rotatable bonds is 5. The standard InChI is InChI=1S/C21H21N3O/c1-14-12-20(24-19-5-3-2-4-18(14)19)22-13-15-6-8-16(9-7-15)21(25)23-17-10-11-17/h2-9,12,17H,10-11,13H2,1H3,(H,22,24)(H,23,25). The van der Waals surface area contributed by atoms with E-state index in [1.807, 2.05) is 42.5 Å². The van der Waals surface area contributed by atoms with E-state index in [1.54, 1.807) is 0 Å². The SMILES string of the molecule is Cc1cc(NCc2ccc(C(=O)NC3CC3)cc2)nc2ccccc12. The summed E-state index contributed by atoms with van der Waals surface area (Å²) in [6.45, 7) is 2.78. The summed E-state index contributed by atoms with van der Waals surface area (Å²) < 4.78 is 0. The molecule has 0 aliphatic heterocycles. The number of carbonyl (C=O) groups is 1. The predicted molar refractivity (Wildman–Crippen MR) is 101 cm³/mol. The van der Waals surface area contributed by atoms with E-state index >= 15 is 0 Å². The molecule has 4 rings (SSSR count). The van der Waals surface area contributed by atoms with Crippen molar-refractivity contribution in [1.82, 2.24) is 10.3 Å². The summed E-state index contributed by atoms with van der Waals surface area (Å²) in [4.78, 5) is 16.7. The summed E-state index contributed by atoms with van der Waals surface area (Å²) in [7, 11) is 0. The minimum atomic E-state index is 0.0221. The molecule has 0 saturated heterocycles. The lowest BCUT2D eigenvalue weighted by atomic mass is 10.1. The van der Waals surface area contributed by atoms with Gasteiger partial charge in [-0.2, -0.15) is 0 Å². The molecule has 0 radical (unpaired) electrons. The van der Waals surface area contributed by atoms with E-state index in [0.717, 1.165) is 35.3 Å². The van der Waals surface area contributed by atoms with E-state index < -0.39 is 0 Å². The number of amides is 1. The van der Waals surface area contributed by atoms with Crippen LogP contribution in [-0.4, -0.2) is 16.9 Å². The first-order chi connectivity index (χ1) is 12.2. The minimum absolute atomic E-state index is 0.0221. The average molecular weight is 331 g/mol. The number of benzene rings is 2. The number of hydrogen-bond donors (Lipinski definition) is 2. The Morgan fingerprint density at radius 3 is 2.64 bits per heavy atom. The van der Waals surface area contributed by atoms with Crippen molar-refractivity contribution in [1.29, 1.82) is 0 Å². The van der Waals surface area contributed by atoms with Gasteiger partial charge in [0.05, 0.1) is 5.52 Å². The largest absolute Gasteiger partial charge is 0.366 e. The van der Waals surface area contributed by atoms with Crippen LogP contribution in [0.4, 0.5) is 5.82 Å². The van der Waals surface area contributed by atoms with Crippen molar-refractivity contribution in [2.24, 2.45) is 0 Å². The maximum Gasteiger partial charge on any atom is 0.251 e. The molecular weight excluding hydrogens is 310 g/mol. The zero-order valence-electron chi connectivity index (χ0n) is 14.3. The molecule has 1 fully saturated rings. The lowest BCUT2D eigenvalue weighted by molar-refractivity contribution is 0.0951. The molecule has 1 aliphatic carbocycles. The summed E-state index contributed by atoms with van der Waals surface area (Å²) in [5.74, 6) is 0.889. The Bertz CT molecular complexity index is 914. The Balaban J connectivity index is 1.43. The number of fused-ring (bicyclic) bond motifs is 1. The number of hydrogen-bond acceptors (Lipinski definition) is 3. The van der Waals surface area contributed by atoms with Crippen molar-refractivity contribution in [2.45, 2.75) is 32.4 Å². The summed E-state index contributed by atoms with van der Waals surface area (Å²) in [6, 6.07) is 18.4. The highest BCUT2D eigenvalue weighted by Crippen LogP contribution is 2.21. The maximum absolute atomic E-state index is 12.0. The normalized spacial score (nSPS) is 13.6. The number of aromatic nitrogens is 1. The van der Waals surface area contributed by atoms with Crippen LogP contribution < -0.4 is 10.6 Å². The number of para-hydroxylation sites is 1. The molecule has 1 heterocycles. The van der Waals surface area contributed by atoms with Gasteiger partial charge in [-0.3, -0.25) is 4.79 Å². The van der Waals surface area contributed by atoms with Gasteiger partial charge in [0.2, 0.25) is 0 Å². The van der Waals surface area contributed by atoms with Gasteiger partial charge in [-0.15, -0.1) is 0 Å². The van der Waals surface area contributed by atoms with E-state index in [2.05, 4.69) is 34.7 Å². The Morgan fingerprint density at radius 2 is 1.88 bits per heavy atom. The van der Waals surface area contributed by atoms with Gasteiger partial charge in [-0.1, -0.05) is 30.3 Å². The van der Waals surface area contributed by atoms with Crippen LogP contribution in [0.5, 0.6) is 0 Å². The second kappa shape index (κ2) is 6.55. The van der Waals surface area contributed by atoms with Crippen molar-refractivity contribution in [3.05, 3.63) is 71.3 Å². The van der Waals surface area contributed by atoms with E-state index in [0.29, 0.717) is 12.6 Å². The quantitative estimate of drug-likeness (QED) is 0.741. The molecule has 4 heteroatoms. The molecule has 3 aromatic rings. The van der Waals surface area contributed by atoms with Gasteiger partial charge in [0.25, 0.3) is 5.91 Å². The van der Waals surface area contributed by atoms with Crippen LogP contribution in [0.2, 0.25) is 0 Å². The third-order valence-corrected chi connectivity index (χ3v) is 4.53. The Kier molecular flexibility index (Phi) is 4.10. The molecule has 1 saturated carbocycles. The summed E-state index contributed by atoms with van der Waals surface area (Å²) in [5, 5.41) is 7.56. The fraction of sp³-hybridized carbons (Fsp3) is 0.238. The van der Waals surface area contributed by atoms with Crippen LogP contribution in [-0.2, 0) is 6.54 Å². The van der Waals surface area contributed by atoms with E-state index in [-0.39, 0.29) is 5.91 Å². The van der Waals surface area contributed by atoms with Gasteiger partial charge in [0.15, 0.2) is 0 Å². The fourth-order valence-corrected chi connectivity index (χ4v) is 2.90. The number of nitrogens with zero attached hydrogens (tertiary/aromatic N) is 1. The van der Waals surface area contributed by atoms with Crippen molar-refractivity contribution >= 4 is 22.6 Å². The molecule has 4 nitrogen and oxygen atoms in total. The van der Waals surface area contributed by atoms with E-state index in [1.165, 1.54) is 10.9 Å². The summed E-state index contributed by atoms with van der Waals surface area (Å²) >= 11 is 0. The molecule has 1 aliphatic rings. The topological polar surface area (TPSA) is 54.0 Å². The molecule has 0 atom stereocenters.